The first-order chi connectivity index (χ1) is 12.5. The molecule has 1 heterocycles. The molecule has 0 bridgehead atoms. The van der Waals surface area contributed by atoms with Gasteiger partial charge in [0.05, 0.1) is 6.04 Å². The molecule has 1 N–H and O–H groups in total. The van der Waals surface area contributed by atoms with E-state index < -0.39 is 0 Å². The van der Waals surface area contributed by atoms with Crippen molar-refractivity contribution in [2.75, 3.05) is 31.5 Å². The van der Waals surface area contributed by atoms with Crippen LogP contribution in [0.15, 0.2) is 48.5 Å². The molecule has 0 radical (unpaired) electrons. The molecular formula is C22H29N3O. The fraction of sp³-hybridized carbons (Fsp3) is 0.409. The molecule has 1 amide bonds. The van der Waals surface area contributed by atoms with Gasteiger partial charge in [0.1, 0.15) is 0 Å². The van der Waals surface area contributed by atoms with E-state index >= 15 is 0 Å². The van der Waals surface area contributed by atoms with Crippen molar-refractivity contribution in [1.82, 2.24) is 9.80 Å². The fourth-order valence-electron chi connectivity index (χ4n) is 3.43. The van der Waals surface area contributed by atoms with Gasteiger partial charge in [0.2, 0.25) is 5.91 Å². The number of carbonyl (C=O) groups is 1. The Labute approximate surface area is 156 Å². The lowest BCUT2D eigenvalue weighted by Crippen LogP contribution is -2.52. The average Bonchev–Trinajstić information content (AvgIpc) is 2.64. The third-order valence-corrected chi connectivity index (χ3v) is 5.14. The van der Waals surface area contributed by atoms with Crippen molar-refractivity contribution in [1.29, 1.82) is 0 Å². The van der Waals surface area contributed by atoms with Gasteiger partial charge in [0, 0.05) is 38.4 Å². The van der Waals surface area contributed by atoms with Crippen molar-refractivity contribution in [3.8, 4) is 0 Å². The summed E-state index contributed by atoms with van der Waals surface area (Å²) >= 11 is 0. The van der Waals surface area contributed by atoms with E-state index in [0.717, 1.165) is 38.4 Å². The molecule has 3 rings (SSSR count). The van der Waals surface area contributed by atoms with Crippen LogP contribution in [-0.4, -0.2) is 47.9 Å². The third kappa shape index (κ3) is 4.93. The van der Waals surface area contributed by atoms with E-state index in [0.29, 0.717) is 0 Å². The molecule has 1 fully saturated rings. The molecule has 2 aromatic carbocycles. The van der Waals surface area contributed by atoms with E-state index in [-0.39, 0.29) is 11.9 Å². The predicted molar refractivity (Wildman–Crippen MR) is 107 cm³/mol. The Bertz CT molecular complexity index is 733. The molecule has 2 aromatic rings. The summed E-state index contributed by atoms with van der Waals surface area (Å²) in [7, 11) is 0. The number of amides is 1. The highest BCUT2D eigenvalue weighted by Gasteiger charge is 2.25. The van der Waals surface area contributed by atoms with Gasteiger partial charge < -0.3 is 5.32 Å². The summed E-state index contributed by atoms with van der Waals surface area (Å²) in [4.78, 5) is 17.3. The second kappa shape index (κ2) is 8.47. The quantitative estimate of drug-likeness (QED) is 0.896. The number of hydrogen-bond donors (Lipinski definition) is 1. The van der Waals surface area contributed by atoms with Crippen LogP contribution in [0.4, 0.5) is 5.69 Å². The monoisotopic (exact) mass is 351 g/mol. The molecule has 1 aliphatic rings. The first kappa shape index (κ1) is 18.6. The smallest absolute Gasteiger partial charge is 0.241 e. The van der Waals surface area contributed by atoms with Crippen molar-refractivity contribution in [3.05, 3.63) is 65.2 Å². The molecule has 1 aliphatic heterocycles. The predicted octanol–water partition coefficient (Wildman–Crippen LogP) is 3.45. The minimum atomic E-state index is -0.113. The highest BCUT2D eigenvalue weighted by Crippen LogP contribution is 2.14. The summed E-state index contributed by atoms with van der Waals surface area (Å²) in [5.41, 5.74) is 4.73. The Morgan fingerprint density at radius 2 is 1.69 bits per heavy atom. The number of nitrogens with one attached hydrogen (secondary N) is 1. The van der Waals surface area contributed by atoms with Crippen LogP contribution in [0.2, 0.25) is 0 Å². The second-order valence-corrected chi connectivity index (χ2v) is 7.33. The SMILES string of the molecule is Cc1ccc(NC(=O)C(C)N2CCN(Cc3cccc(C)c3)CC2)cc1. The summed E-state index contributed by atoms with van der Waals surface area (Å²) in [6, 6.07) is 16.5. The van der Waals surface area contributed by atoms with Crippen LogP contribution in [0.1, 0.15) is 23.6 Å². The molecule has 0 spiro atoms. The van der Waals surface area contributed by atoms with E-state index in [1.165, 1.54) is 16.7 Å². The van der Waals surface area contributed by atoms with Gasteiger partial charge >= 0.3 is 0 Å². The van der Waals surface area contributed by atoms with Crippen molar-refractivity contribution < 1.29 is 4.79 Å². The first-order valence-corrected chi connectivity index (χ1v) is 9.41. The van der Waals surface area contributed by atoms with E-state index in [2.05, 4.69) is 46.3 Å². The van der Waals surface area contributed by atoms with Crippen LogP contribution in [0, 0.1) is 13.8 Å². The van der Waals surface area contributed by atoms with Crippen molar-refractivity contribution >= 4 is 11.6 Å². The van der Waals surface area contributed by atoms with Crippen LogP contribution in [-0.2, 0) is 11.3 Å². The Morgan fingerprint density at radius 3 is 2.35 bits per heavy atom. The zero-order valence-electron chi connectivity index (χ0n) is 16.0. The third-order valence-electron chi connectivity index (χ3n) is 5.14. The number of hydrogen-bond acceptors (Lipinski definition) is 3. The van der Waals surface area contributed by atoms with Crippen LogP contribution >= 0.6 is 0 Å². The Hall–Kier alpha value is -2.17. The van der Waals surface area contributed by atoms with Crippen molar-refractivity contribution in [2.45, 2.75) is 33.4 Å². The van der Waals surface area contributed by atoms with Gasteiger partial charge in [-0.3, -0.25) is 14.6 Å². The van der Waals surface area contributed by atoms with Gasteiger partial charge in [-0.15, -0.1) is 0 Å². The maximum absolute atomic E-state index is 12.5. The summed E-state index contributed by atoms with van der Waals surface area (Å²) in [6.45, 7) is 11.0. The minimum Gasteiger partial charge on any atom is -0.325 e. The number of benzene rings is 2. The molecule has 4 heteroatoms. The van der Waals surface area contributed by atoms with Gasteiger partial charge in [0.25, 0.3) is 0 Å². The first-order valence-electron chi connectivity index (χ1n) is 9.41. The van der Waals surface area contributed by atoms with E-state index in [4.69, 9.17) is 0 Å². The topological polar surface area (TPSA) is 35.6 Å². The number of carbonyl (C=O) groups excluding carboxylic acids is 1. The number of piperazine rings is 1. The van der Waals surface area contributed by atoms with Gasteiger partial charge in [-0.05, 0) is 38.5 Å². The van der Waals surface area contributed by atoms with Gasteiger partial charge in [-0.1, -0.05) is 47.5 Å². The van der Waals surface area contributed by atoms with Crippen molar-refractivity contribution in [3.63, 3.8) is 0 Å². The second-order valence-electron chi connectivity index (χ2n) is 7.33. The van der Waals surface area contributed by atoms with Crippen LogP contribution in [0.5, 0.6) is 0 Å². The summed E-state index contributed by atoms with van der Waals surface area (Å²) in [5, 5.41) is 3.03. The van der Waals surface area contributed by atoms with E-state index in [1.807, 2.05) is 38.1 Å². The maximum Gasteiger partial charge on any atom is 0.241 e. The lowest BCUT2D eigenvalue weighted by atomic mass is 10.1. The average molecular weight is 351 g/mol. The Morgan fingerprint density at radius 1 is 1.00 bits per heavy atom. The Kier molecular flexibility index (Phi) is 6.07. The zero-order valence-corrected chi connectivity index (χ0v) is 16.0. The number of aryl methyl sites for hydroxylation is 2. The van der Waals surface area contributed by atoms with Gasteiger partial charge in [-0.2, -0.15) is 0 Å². The molecular weight excluding hydrogens is 322 g/mol. The van der Waals surface area contributed by atoms with Crippen molar-refractivity contribution in [2.24, 2.45) is 0 Å². The van der Waals surface area contributed by atoms with Crippen LogP contribution in [0.25, 0.3) is 0 Å². The minimum absolute atomic E-state index is 0.0704. The zero-order chi connectivity index (χ0) is 18.5. The van der Waals surface area contributed by atoms with Crippen LogP contribution in [0.3, 0.4) is 0 Å². The largest absolute Gasteiger partial charge is 0.325 e. The number of anilines is 1. The standard InChI is InChI=1S/C22H29N3O/c1-17-7-9-21(10-8-17)23-22(26)19(3)25-13-11-24(12-14-25)16-20-6-4-5-18(2)15-20/h4-10,15,19H,11-14,16H2,1-3H3,(H,23,26). The molecule has 4 nitrogen and oxygen atoms in total. The fourth-order valence-corrected chi connectivity index (χ4v) is 3.43. The van der Waals surface area contributed by atoms with Gasteiger partial charge in [0.15, 0.2) is 0 Å². The summed E-state index contributed by atoms with van der Waals surface area (Å²) < 4.78 is 0. The van der Waals surface area contributed by atoms with E-state index in [9.17, 15) is 4.79 Å². The molecule has 0 saturated carbocycles. The number of rotatable bonds is 5. The lowest BCUT2D eigenvalue weighted by molar-refractivity contribution is -0.121. The van der Waals surface area contributed by atoms with Gasteiger partial charge in [-0.25, -0.2) is 0 Å². The molecule has 26 heavy (non-hydrogen) atoms. The molecule has 1 atom stereocenters. The molecule has 0 aromatic heterocycles. The molecule has 138 valence electrons. The summed E-state index contributed by atoms with van der Waals surface area (Å²) in [6.07, 6.45) is 0. The lowest BCUT2D eigenvalue weighted by Gasteiger charge is -2.37. The van der Waals surface area contributed by atoms with E-state index in [1.54, 1.807) is 0 Å². The molecule has 0 aliphatic carbocycles. The summed E-state index contributed by atoms with van der Waals surface area (Å²) in [5.74, 6) is 0.0704. The Balaban J connectivity index is 1.49. The highest BCUT2D eigenvalue weighted by atomic mass is 16.2. The maximum atomic E-state index is 12.5. The highest BCUT2D eigenvalue weighted by molar-refractivity contribution is 5.94. The molecule has 1 unspecified atom stereocenters. The number of nitrogens with zero attached hydrogens (tertiary/aromatic N) is 2. The van der Waals surface area contributed by atoms with Crippen LogP contribution < -0.4 is 5.32 Å². The normalized spacial score (nSPS) is 17.0. The molecule has 1 saturated heterocycles.